The second kappa shape index (κ2) is 11.7. The predicted octanol–water partition coefficient (Wildman–Crippen LogP) is 2.19. The van der Waals surface area contributed by atoms with Crippen LogP contribution in [0.15, 0.2) is 48.5 Å². The largest absolute Gasteiger partial charge is 0.497 e. The van der Waals surface area contributed by atoms with Crippen LogP contribution in [0.25, 0.3) is 0 Å². The van der Waals surface area contributed by atoms with Crippen LogP contribution in [0, 0.1) is 0 Å². The molecule has 0 spiro atoms. The lowest BCUT2D eigenvalue weighted by molar-refractivity contribution is -0.115. The van der Waals surface area contributed by atoms with E-state index in [0.29, 0.717) is 30.9 Å². The molecule has 2 aromatic rings. The Hall–Kier alpha value is -2.90. The molecule has 2 rings (SSSR count). The summed E-state index contributed by atoms with van der Waals surface area (Å²) in [6.45, 7) is 1.94. The van der Waals surface area contributed by atoms with Gasteiger partial charge in [-0.15, -0.1) is 0 Å². The molecule has 0 unspecified atom stereocenters. The number of carbonyl (C=O) groups is 2. The average molecular weight is 385 g/mol. The highest BCUT2D eigenvalue weighted by atomic mass is 16.5. The number of hydrogen-bond donors (Lipinski definition) is 3. The van der Waals surface area contributed by atoms with Gasteiger partial charge in [0.15, 0.2) is 0 Å². The zero-order valence-corrected chi connectivity index (χ0v) is 16.3. The van der Waals surface area contributed by atoms with Gasteiger partial charge >= 0.3 is 0 Å². The Balaban J connectivity index is 1.71. The van der Waals surface area contributed by atoms with Crippen molar-refractivity contribution >= 4 is 17.5 Å². The molecule has 0 atom stereocenters. The van der Waals surface area contributed by atoms with Crippen molar-refractivity contribution in [2.24, 2.45) is 0 Å². The van der Waals surface area contributed by atoms with Crippen molar-refractivity contribution in [2.75, 3.05) is 39.2 Å². The first-order chi connectivity index (χ1) is 13.6. The third-order valence-corrected chi connectivity index (χ3v) is 4.02. The first kappa shape index (κ1) is 21.4. The number of ether oxygens (including phenoxy) is 2. The molecule has 2 aromatic carbocycles. The van der Waals surface area contributed by atoms with E-state index in [-0.39, 0.29) is 18.4 Å². The third-order valence-electron chi connectivity index (χ3n) is 4.02. The molecule has 7 nitrogen and oxygen atoms in total. The van der Waals surface area contributed by atoms with E-state index in [1.165, 1.54) is 0 Å². The number of rotatable bonds is 11. The van der Waals surface area contributed by atoms with Gasteiger partial charge in [0.2, 0.25) is 5.91 Å². The number of amides is 2. The lowest BCUT2D eigenvalue weighted by Crippen LogP contribution is -2.28. The Bertz CT molecular complexity index is 745. The monoisotopic (exact) mass is 385 g/mol. The normalized spacial score (nSPS) is 10.4. The van der Waals surface area contributed by atoms with Crippen LogP contribution in [0.1, 0.15) is 22.3 Å². The Morgan fingerprint density at radius 3 is 2.32 bits per heavy atom. The Morgan fingerprint density at radius 2 is 1.68 bits per heavy atom. The summed E-state index contributed by atoms with van der Waals surface area (Å²) < 4.78 is 10.1. The molecule has 7 heteroatoms. The van der Waals surface area contributed by atoms with Crippen LogP contribution in [-0.4, -0.2) is 45.7 Å². The highest BCUT2D eigenvalue weighted by Crippen LogP contribution is 2.11. The van der Waals surface area contributed by atoms with E-state index < -0.39 is 0 Å². The van der Waals surface area contributed by atoms with Gasteiger partial charge in [-0.05, 0) is 48.4 Å². The van der Waals surface area contributed by atoms with Crippen LogP contribution >= 0.6 is 0 Å². The van der Waals surface area contributed by atoms with E-state index in [4.69, 9.17) is 9.47 Å². The maximum absolute atomic E-state index is 12.0. The van der Waals surface area contributed by atoms with Crippen LogP contribution < -0.4 is 20.7 Å². The first-order valence-corrected chi connectivity index (χ1v) is 9.13. The molecule has 0 saturated heterocycles. The summed E-state index contributed by atoms with van der Waals surface area (Å²) in [5.74, 6) is 0.508. The van der Waals surface area contributed by atoms with E-state index in [1.807, 2.05) is 24.3 Å². The molecule has 0 aliphatic heterocycles. The summed E-state index contributed by atoms with van der Waals surface area (Å²) in [6, 6.07) is 14.5. The molecule has 2 amide bonds. The van der Waals surface area contributed by atoms with Crippen LogP contribution in [0.3, 0.4) is 0 Å². The SMILES string of the molecule is COCCCNC(=O)c1ccc(NC(=O)CNCc2ccc(OC)cc2)cc1. The lowest BCUT2D eigenvalue weighted by Gasteiger charge is -2.09. The van der Waals surface area contributed by atoms with Gasteiger partial charge in [0.25, 0.3) is 5.91 Å². The van der Waals surface area contributed by atoms with Crippen molar-refractivity contribution in [3.63, 3.8) is 0 Å². The Kier molecular flexibility index (Phi) is 8.97. The number of anilines is 1. The summed E-state index contributed by atoms with van der Waals surface area (Å²) in [5.41, 5.74) is 2.26. The molecular weight excluding hydrogens is 358 g/mol. The molecule has 0 bridgehead atoms. The predicted molar refractivity (Wildman–Crippen MR) is 109 cm³/mol. The zero-order valence-electron chi connectivity index (χ0n) is 16.3. The number of nitrogens with one attached hydrogen (secondary N) is 3. The van der Waals surface area contributed by atoms with Gasteiger partial charge in [-0.3, -0.25) is 9.59 Å². The molecule has 0 heterocycles. The number of hydrogen-bond acceptors (Lipinski definition) is 5. The van der Waals surface area contributed by atoms with Crippen molar-refractivity contribution < 1.29 is 19.1 Å². The Labute approximate surface area is 165 Å². The first-order valence-electron chi connectivity index (χ1n) is 9.13. The fourth-order valence-electron chi connectivity index (χ4n) is 2.49. The minimum Gasteiger partial charge on any atom is -0.497 e. The summed E-state index contributed by atoms with van der Waals surface area (Å²) >= 11 is 0. The minimum atomic E-state index is -0.148. The summed E-state index contributed by atoms with van der Waals surface area (Å²) in [7, 11) is 3.25. The number of benzene rings is 2. The van der Waals surface area contributed by atoms with E-state index in [2.05, 4.69) is 16.0 Å². The molecule has 0 aliphatic carbocycles. The lowest BCUT2D eigenvalue weighted by atomic mass is 10.2. The number of carbonyl (C=O) groups excluding carboxylic acids is 2. The van der Waals surface area contributed by atoms with Crippen LogP contribution in [-0.2, 0) is 16.1 Å². The Morgan fingerprint density at radius 1 is 0.964 bits per heavy atom. The summed E-state index contributed by atoms with van der Waals surface area (Å²) in [5, 5.41) is 8.72. The van der Waals surface area contributed by atoms with Crippen LogP contribution in [0.4, 0.5) is 5.69 Å². The minimum absolute atomic E-state index is 0.143. The molecule has 0 aliphatic rings. The van der Waals surface area contributed by atoms with Gasteiger partial charge in [0, 0.05) is 38.1 Å². The van der Waals surface area contributed by atoms with Gasteiger partial charge in [-0.1, -0.05) is 12.1 Å². The van der Waals surface area contributed by atoms with Crippen LogP contribution in [0.5, 0.6) is 5.75 Å². The molecule has 150 valence electrons. The highest BCUT2D eigenvalue weighted by Gasteiger charge is 2.06. The van der Waals surface area contributed by atoms with Gasteiger partial charge in [-0.2, -0.15) is 0 Å². The van der Waals surface area contributed by atoms with Gasteiger partial charge in [-0.25, -0.2) is 0 Å². The smallest absolute Gasteiger partial charge is 0.251 e. The van der Waals surface area contributed by atoms with Crippen molar-refractivity contribution in [1.29, 1.82) is 0 Å². The van der Waals surface area contributed by atoms with Crippen LogP contribution in [0.2, 0.25) is 0 Å². The molecule has 3 N–H and O–H groups in total. The van der Waals surface area contributed by atoms with Crippen molar-refractivity contribution in [1.82, 2.24) is 10.6 Å². The zero-order chi connectivity index (χ0) is 20.2. The van der Waals surface area contributed by atoms with Crippen molar-refractivity contribution in [2.45, 2.75) is 13.0 Å². The third kappa shape index (κ3) is 7.38. The van der Waals surface area contributed by atoms with E-state index in [0.717, 1.165) is 17.7 Å². The second-order valence-electron chi connectivity index (χ2n) is 6.18. The van der Waals surface area contributed by atoms with E-state index in [1.54, 1.807) is 38.5 Å². The average Bonchev–Trinajstić information content (AvgIpc) is 2.72. The highest BCUT2D eigenvalue weighted by molar-refractivity contribution is 5.96. The molecule has 28 heavy (non-hydrogen) atoms. The van der Waals surface area contributed by atoms with Gasteiger partial charge < -0.3 is 25.4 Å². The molecule has 0 aromatic heterocycles. The standard InChI is InChI=1S/C21H27N3O4/c1-27-13-3-12-23-21(26)17-6-8-18(9-7-17)24-20(25)15-22-14-16-4-10-19(28-2)11-5-16/h4-11,22H,3,12-15H2,1-2H3,(H,23,26)(H,24,25). The van der Waals surface area contributed by atoms with Gasteiger partial charge in [0.05, 0.1) is 13.7 Å². The summed E-state index contributed by atoms with van der Waals surface area (Å²) in [4.78, 5) is 24.0. The topological polar surface area (TPSA) is 88.7 Å². The van der Waals surface area contributed by atoms with Crippen molar-refractivity contribution in [3.05, 3.63) is 59.7 Å². The fourth-order valence-corrected chi connectivity index (χ4v) is 2.49. The molecular formula is C21H27N3O4. The quantitative estimate of drug-likeness (QED) is 0.516. The van der Waals surface area contributed by atoms with Crippen molar-refractivity contribution in [3.8, 4) is 5.75 Å². The fraction of sp³-hybridized carbons (Fsp3) is 0.333. The molecule has 0 saturated carbocycles. The maximum atomic E-state index is 12.0. The van der Waals surface area contributed by atoms with E-state index in [9.17, 15) is 9.59 Å². The van der Waals surface area contributed by atoms with Gasteiger partial charge in [0.1, 0.15) is 5.75 Å². The molecule has 0 radical (unpaired) electrons. The number of methoxy groups -OCH3 is 2. The van der Waals surface area contributed by atoms with E-state index >= 15 is 0 Å². The summed E-state index contributed by atoms with van der Waals surface area (Å²) in [6.07, 6.45) is 0.764. The second-order valence-corrected chi connectivity index (χ2v) is 6.18. The molecule has 0 fully saturated rings. The maximum Gasteiger partial charge on any atom is 0.251 e.